The number of rotatable bonds is 8. The van der Waals surface area contributed by atoms with Crippen molar-refractivity contribution >= 4 is 15.9 Å². The molecule has 0 amide bonds. The second-order valence-corrected chi connectivity index (χ2v) is 6.17. The summed E-state index contributed by atoms with van der Waals surface area (Å²) in [6.45, 7) is 7.25. The minimum absolute atomic E-state index is 0.124. The average Bonchev–Trinajstić information content (AvgIpc) is 2.36. The second-order valence-electron chi connectivity index (χ2n) is 5.25. The number of hydrogen-bond acceptors (Lipinski definition) is 2. The van der Waals surface area contributed by atoms with Crippen LogP contribution in [0.5, 0.6) is 0 Å². The second kappa shape index (κ2) is 8.67. The summed E-state index contributed by atoms with van der Waals surface area (Å²) < 4.78 is 14.5. The zero-order valence-corrected chi connectivity index (χ0v) is 13.6. The van der Waals surface area contributed by atoms with Gasteiger partial charge in [0.05, 0.1) is 0 Å². The Morgan fingerprint density at radius 3 is 2.63 bits per heavy atom. The molecule has 108 valence electrons. The average molecular weight is 331 g/mol. The van der Waals surface area contributed by atoms with Crippen LogP contribution in [0, 0.1) is 17.7 Å². The summed E-state index contributed by atoms with van der Waals surface area (Å²) in [4.78, 5) is 0. The van der Waals surface area contributed by atoms with Crippen molar-refractivity contribution in [1.29, 1.82) is 0 Å². The van der Waals surface area contributed by atoms with Crippen LogP contribution in [0.1, 0.15) is 19.4 Å². The van der Waals surface area contributed by atoms with Gasteiger partial charge in [0.2, 0.25) is 0 Å². The van der Waals surface area contributed by atoms with Crippen molar-refractivity contribution in [3.05, 3.63) is 34.1 Å². The summed E-state index contributed by atoms with van der Waals surface area (Å²) in [5.41, 5.74) is 0.761. The normalized spacial score (nSPS) is 12.9. The molecule has 0 aliphatic rings. The van der Waals surface area contributed by atoms with Crippen LogP contribution in [0.25, 0.3) is 0 Å². The molecule has 0 heterocycles. The molecule has 1 atom stereocenters. The first-order valence-electron chi connectivity index (χ1n) is 6.83. The quantitative estimate of drug-likeness (QED) is 0.715. The molecule has 2 nitrogen and oxygen atoms in total. The van der Waals surface area contributed by atoms with E-state index in [9.17, 15) is 4.39 Å². The Morgan fingerprint density at radius 1 is 1.26 bits per heavy atom. The lowest BCUT2D eigenvalue weighted by atomic mass is 9.96. The highest BCUT2D eigenvalue weighted by molar-refractivity contribution is 9.10. The lowest BCUT2D eigenvalue weighted by molar-refractivity contribution is 0.353. The fourth-order valence-electron chi connectivity index (χ4n) is 2.05. The van der Waals surface area contributed by atoms with Gasteiger partial charge in [-0.2, -0.15) is 0 Å². The highest BCUT2D eigenvalue weighted by atomic mass is 79.9. The smallest absolute Gasteiger partial charge is 0.126 e. The third-order valence-corrected chi connectivity index (χ3v) is 3.89. The standard InChI is InChI=1S/C15H24BrFN2/c1-11(2)13(9-18-3)10-19-7-6-12-8-14(16)4-5-15(12)17/h4-5,8,11,13,18-19H,6-7,9-10H2,1-3H3. The van der Waals surface area contributed by atoms with E-state index in [4.69, 9.17) is 0 Å². The van der Waals surface area contributed by atoms with Gasteiger partial charge in [-0.05, 0) is 68.7 Å². The van der Waals surface area contributed by atoms with E-state index in [1.807, 2.05) is 13.1 Å². The Kier molecular flexibility index (Phi) is 7.57. The summed E-state index contributed by atoms with van der Waals surface area (Å²) in [6, 6.07) is 5.09. The molecule has 0 aliphatic carbocycles. The molecule has 1 aromatic rings. The van der Waals surface area contributed by atoms with Gasteiger partial charge in [0.1, 0.15) is 5.82 Å². The van der Waals surface area contributed by atoms with Gasteiger partial charge in [-0.15, -0.1) is 0 Å². The van der Waals surface area contributed by atoms with Crippen molar-refractivity contribution < 1.29 is 4.39 Å². The fourth-order valence-corrected chi connectivity index (χ4v) is 2.46. The molecule has 4 heteroatoms. The number of hydrogen-bond donors (Lipinski definition) is 2. The minimum atomic E-state index is -0.124. The first kappa shape index (κ1) is 16.6. The van der Waals surface area contributed by atoms with Crippen molar-refractivity contribution in [1.82, 2.24) is 10.6 Å². The zero-order valence-electron chi connectivity index (χ0n) is 12.0. The van der Waals surface area contributed by atoms with Crippen molar-refractivity contribution in [3.8, 4) is 0 Å². The largest absolute Gasteiger partial charge is 0.319 e. The lowest BCUT2D eigenvalue weighted by Gasteiger charge is -2.21. The molecule has 1 unspecified atom stereocenters. The van der Waals surface area contributed by atoms with Crippen LogP contribution in [0.3, 0.4) is 0 Å². The maximum atomic E-state index is 13.5. The van der Waals surface area contributed by atoms with E-state index in [1.165, 1.54) is 6.07 Å². The Bertz CT molecular complexity index is 382. The number of benzene rings is 1. The predicted molar refractivity (Wildman–Crippen MR) is 82.9 cm³/mol. The van der Waals surface area contributed by atoms with E-state index >= 15 is 0 Å². The first-order chi connectivity index (χ1) is 9.04. The molecular weight excluding hydrogens is 307 g/mol. The molecule has 0 spiro atoms. The van der Waals surface area contributed by atoms with Crippen LogP contribution in [-0.4, -0.2) is 26.7 Å². The van der Waals surface area contributed by atoms with Gasteiger partial charge in [0.15, 0.2) is 0 Å². The molecule has 0 radical (unpaired) electrons. The first-order valence-corrected chi connectivity index (χ1v) is 7.63. The molecule has 0 bridgehead atoms. The van der Waals surface area contributed by atoms with Crippen LogP contribution in [0.2, 0.25) is 0 Å². The topological polar surface area (TPSA) is 24.1 Å². The monoisotopic (exact) mass is 330 g/mol. The molecular formula is C15H24BrFN2. The molecule has 19 heavy (non-hydrogen) atoms. The van der Waals surface area contributed by atoms with E-state index in [0.29, 0.717) is 11.8 Å². The van der Waals surface area contributed by atoms with E-state index in [2.05, 4.69) is 40.4 Å². The van der Waals surface area contributed by atoms with Gasteiger partial charge >= 0.3 is 0 Å². The van der Waals surface area contributed by atoms with Crippen molar-refractivity contribution in [2.24, 2.45) is 11.8 Å². The van der Waals surface area contributed by atoms with Gasteiger partial charge in [0.25, 0.3) is 0 Å². The van der Waals surface area contributed by atoms with Gasteiger partial charge in [0, 0.05) is 4.47 Å². The highest BCUT2D eigenvalue weighted by Crippen LogP contribution is 2.15. The Balaban J connectivity index is 2.35. The lowest BCUT2D eigenvalue weighted by Crippen LogP contribution is -2.34. The van der Waals surface area contributed by atoms with E-state index in [-0.39, 0.29) is 5.82 Å². The highest BCUT2D eigenvalue weighted by Gasteiger charge is 2.11. The van der Waals surface area contributed by atoms with Gasteiger partial charge in [-0.3, -0.25) is 0 Å². The van der Waals surface area contributed by atoms with Gasteiger partial charge in [-0.25, -0.2) is 4.39 Å². The molecule has 0 saturated heterocycles. The van der Waals surface area contributed by atoms with Gasteiger partial charge in [-0.1, -0.05) is 29.8 Å². The minimum Gasteiger partial charge on any atom is -0.319 e. The van der Waals surface area contributed by atoms with Crippen LogP contribution in [0.4, 0.5) is 4.39 Å². The van der Waals surface area contributed by atoms with Crippen LogP contribution in [0.15, 0.2) is 22.7 Å². The molecule has 0 aromatic heterocycles. The maximum Gasteiger partial charge on any atom is 0.126 e. The summed E-state index contributed by atoms with van der Waals surface area (Å²) in [7, 11) is 1.98. The Labute approximate surface area is 124 Å². The summed E-state index contributed by atoms with van der Waals surface area (Å²) in [6.07, 6.45) is 0.718. The third kappa shape index (κ3) is 6.02. The molecule has 1 aromatic carbocycles. The van der Waals surface area contributed by atoms with Crippen LogP contribution >= 0.6 is 15.9 Å². The Morgan fingerprint density at radius 2 is 2.00 bits per heavy atom. The zero-order chi connectivity index (χ0) is 14.3. The van der Waals surface area contributed by atoms with E-state index in [1.54, 1.807) is 6.07 Å². The summed E-state index contributed by atoms with van der Waals surface area (Å²) >= 11 is 3.37. The molecule has 2 N–H and O–H groups in total. The van der Waals surface area contributed by atoms with Gasteiger partial charge < -0.3 is 10.6 Å². The molecule has 0 saturated carbocycles. The fraction of sp³-hybridized carbons (Fsp3) is 0.600. The summed E-state index contributed by atoms with van der Waals surface area (Å²) in [5, 5.41) is 6.64. The third-order valence-electron chi connectivity index (χ3n) is 3.39. The van der Waals surface area contributed by atoms with Crippen LogP contribution in [-0.2, 0) is 6.42 Å². The SMILES string of the molecule is CNCC(CNCCc1cc(Br)ccc1F)C(C)C. The van der Waals surface area contributed by atoms with Crippen molar-refractivity contribution in [2.75, 3.05) is 26.7 Å². The Hall–Kier alpha value is -0.450. The maximum absolute atomic E-state index is 13.5. The van der Waals surface area contributed by atoms with E-state index in [0.717, 1.165) is 36.1 Å². The summed E-state index contributed by atoms with van der Waals surface area (Å²) in [5.74, 6) is 1.13. The van der Waals surface area contributed by atoms with Crippen LogP contribution < -0.4 is 10.6 Å². The van der Waals surface area contributed by atoms with Crippen molar-refractivity contribution in [3.63, 3.8) is 0 Å². The van der Waals surface area contributed by atoms with E-state index < -0.39 is 0 Å². The number of nitrogens with one attached hydrogen (secondary N) is 2. The molecule has 1 rings (SSSR count). The van der Waals surface area contributed by atoms with Crippen molar-refractivity contribution in [2.45, 2.75) is 20.3 Å². The number of halogens is 2. The molecule has 0 fully saturated rings. The molecule has 0 aliphatic heterocycles. The predicted octanol–water partition coefficient (Wildman–Crippen LogP) is 3.21.